The van der Waals surface area contributed by atoms with Crippen molar-refractivity contribution in [2.75, 3.05) is 12.0 Å². The molecule has 5 N–H and O–H groups in total. The van der Waals surface area contributed by atoms with Gasteiger partial charge in [0, 0.05) is 63.9 Å². The number of allylic oxidation sites excluding steroid dienone is 6. The molecule has 18 heteroatoms. The molecule has 0 aliphatic heterocycles. The summed E-state index contributed by atoms with van der Waals surface area (Å²) in [7, 11) is -4.84. The third-order valence-corrected chi connectivity index (χ3v) is 7.02. The number of rotatable bonds is 7. The van der Waals surface area contributed by atoms with Gasteiger partial charge < -0.3 is 15.5 Å². The molecule has 0 saturated carbocycles. The molecule has 230 valence electrons. The number of carboxylic acid groups (broad SMARTS) is 1. The van der Waals surface area contributed by atoms with Crippen LogP contribution in [0.1, 0.15) is 11.1 Å². The Hall–Kier alpha value is -3.40. The Balaban J connectivity index is 0.000000589. The zero-order valence-corrected chi connectivity index (χ0v) is 30.9. The van der Waals surface area contributed by atoms with Gasteiger partial charge in [-0.1, -0.05) is 42.5 Å². The van der Waals surface area contributed by atoms with Crippen molar-refractivity contribution in [2.24, 2.45) is 5.10 Å². The van der Waals surface area contributed by atoms with E-state index >= 15 is 0 Å². The van der Waals surface area contributed by atoms with Crippen molar-refractivity contribution in [3.05, 3.63) is 118 Å². The van der Waals surface area contributed by atoms with Crippen molar-refractivity contribution >= 4 is 60.4 Å². The van der Waals surface area contributed by atoms with Crippen molar-refractivity contribution in [1.82, 2.24) is 5.32 Å². The van der Waals surface area contributed by atoms with E-state index in [1.807, 2.05) is 12.1 Å². The number of hydrogen-bond donors (Lipinski definition) is 5. The number of nitrogens with one attached hydrogen (secondary N) is 2. The number of hydrogen-bond acceptors (Lipinski definition) is 11. The van der Waals surface area contributed by atoms with Gasteiger partial charge in [-0.05, 0) is 29.7 Å². The Morgan fingerprint density at radius 3 is 2.30 bits per heavy atom. The molecular weight excluding hydrogens is 694 g/mol. The number of nitro groups is 1. The van der Waals surface area contributed by atoms with E-state index in [1.54, 1.807) is 36.4 Å². The number of ketones is 2. The van der Waals surface area contributed by atoms with Gasteiger partial charge in [0.25, 0.3) is 15.8 Å². The number of fused-ring (bicyclic) bond motifs is 2. The molecule has 0 bridgehead atoms. The third kappa shape index (κ3) is 10.5. The van der Waals surface area contributed by atoms with Gasteiger partial charge in [-0.2, -0.15) is 13.5 Å². The van der Waals surface area contributed by atoms with Gasteiger partial charge in [-0.3, -0.25) is 34.5 Å². The largest absolute Gasteiger partial charge is 1.00 e. The molecule has 0 aromatic heterocycles. The molecule has 0 unspecified atom stereocenters. The van der Waals surface area contributed by atoms with Crippen molar-refractivity contribution in [3.63, 3.8) is 0 Å². The quantitative estimate of drug-likeness (QED) is 0.0422. The summed E-state index contributed by atoms with van der Waals surface area (Å²) in [6.45, 7) is -0.186. The van der Waals surface area contributed by atoms with Crippen LogP contribution in [0.5, 0.6) is 5.75 Å². The van der Waals surface area contributed by atoms with E-state index in [0.29, 0.717) is 17.0 Å². The number of anilines is 1. The Labute approximate surface area is 322 Å². The van der Waals surface area contributed by atoms with Gasteiger partial charge in [0.15, 0.2) is 5.78 Å². The number of non-ortho nitro benzene ring substituents is 1. The second-order valence-electron chi connectivity index (χ2n) is 9.04. The standard InChI is InChI=1S/C20H13N3O7S.C9H9NO3.Cr.2Na/c24-16-8-5-11-3-1-2-4-13(11)19(16)21-22-20-14-7-6-12(23(26)27)9-15(14)18(10-17(20)25)31(28,29)30;11-8-4-2-1-3-7(8)5-10-6-9(12)13;;;/h1-10,21,24H,(H,28,29,30);1-5,10H,6H2,(H,12,13);;;/q;;;2*+1/b22-20+;7-5-;;;. The first-order valence-corrected chi connectivity index (χ1v) is 13.9. The first-order valence-electron chi connectivity index (χ1n) is 12.5. The summed E-state index contributed by atoms with van der Waals surface area (Å²) in [5.74, 6) is -2.06. The average molecular weight is 717 g/mol. The molecule has 5 rings (SSSR count). The number of aliphatic carboxylic acids is 1. The minimum absolute atomic E-state index is 0. The maximum atomic E-state index is 12.6. The van der Waals surface area contributed by atoms with Gasteiger partial charge >= 0.3 is 65.1 Å². The van der Waals surface area contributed by atoms with Gasteiger partial charge in [0.05, 0.1) is 4.92 Å². The summed E-state index contributed by atoms with van der Waals surface area (Å²) in [5, 5.41) is 37.6. The fraction of sp³-hybridized carbons (Fsp3) is 0.0345. The van der Waals surface area contributed by atoms with Gasteiger partial charge in [0.1, 0.15) is 28.6 Å². The Bertz CT molecular complexity index is 1990. The molecule has 3 aromatic rings. The van der Waals surface area contributed by atoms with E-state index < -0.39 is 37.4 Å². The smallest absolute Gasteiger partial charge is 0.506 e. The molecule has 0 saturated heterocycles. The second-order valence-corrected chi connectivity index (χ2v) is 10.4. The summed E-state index contributed by atoms with van der Waals surface area (Å²) >= 11 is 0. The van der Waals surface area contributed by atoms with E-state index in [9.17, 15) is 42.6 Å². The number of benzene rings is 3. The van der Waals surface area contributed by atoms with Crippen molar-refractivity contribution < 1.29 is 119 Å². The monoisotopic (exact) mass is 716 g/mol. The van der Waals surface area contributed by atoms with Crippen LogP contribution in [-0.4, -0.2) is 57.9 Å². The number of phenolic OH excluding ortho intramolecular Hbond substituents is 1. The maximum Gasteiger partial charge on any atom is 1.00 e. The molecule has 47 heavy (non-hydrogen) atoms. The summed E-state index contributed by atoms with van der Waals surface area (Å²) in [6.07, 6.45) is 8.44. The maximum absolute atomic E-state index is 12.6. The van der Waals surface area contributed by atoms with E-state index in [2.05, 4.69) is 15.8 Å². The SMILES string of the molecule is O=C(O)CN/C=C1/C=CC=CC1=O.O=C1C=C(S(=O)(=O)O)c2cc([N+](=O)[O-])ccc2/C1=N\Nc1c(O)ccc2ccccc12.[Cr].[Na+].[Na+]. The molecule has 2 aliphatic carbocycles. The van der Waals surface area contributed by atoms with Gasteiger partial charge in [0.2, 0.25) is 5.78 Å². The molecule has 0 amide bonds. The molecule has 0 atom stereocenters. The average Bonchev–Trinajstić information content (AvgIpc) is 2.97. The van der Waals surface area contributed by atoms with Crippen LogP contribution in [0.25, 0.3) is 15.7 Å². The molecule has 2 aliphatic rings. The van der Waals surface area contributed by atoms with Crippen molar-refractivity contribution in [3.8, 4) is 5.75 Å². The molecule has 14 nitrogen and oxygen atoms in total. The van der Waals surface area contributed by atoms with Crippen LogP contribution >= 0.6 is 0 Å². The Morgan fingerprint density at radius 2 is 1.66 bits per heavy atom. The summed E-state index contributed by atoms with van der Waals surface area (Å²) in [4.78, 5) is 43.4. The zero-order valence-electron chi connectivity index (χ0n) is 24.8. The first kappa shape index (κ1) is 41.6. The number of carboxylic acids is 1. The van der Waals surface area contributed by atoms with Crippen LogP contribution < -0.4 is 69.9 Å². The number of nitrogens with zero attached hydrogens (tertiary/aromatic N) is 2. The third-order valence-electron chi connectivity index (χ3n) is 6.12. The predicted octanol–water partition coefficient (Wildman–Crippen LogP) is -2.67. The van der Waals surface area contributed by atoms with E-state index in [0.717, 1.165) is 17.5 Å². The van der Waals surface area contributed by atoms with Crippen LogP contribution in [0, 0.1) is 10.1 Å². The predicted molar refractivity (Wildman–Crippen MR) is 160 cm³/mol. The molecule has 0 spiro atoms. The fourth-order valence-electron chi connectivity index (χ4n) is 4.12. The Morgan fingerprint density at radius 1 is 0.979 bits per heavy atom. The number of carbonyl (C=O) groups excluding carboxylic acids is 2. The van der Waals surface area contributed by atoms with Crippen LogP contribution in [0.15, 0.2) is 102 Å². The Kier molecular flexibility index (Phi) is 16.1. The number of aromatic hydroxyl groups is 1. The minimum atomic E-state index is -4.84. The van der Waals surface area contributed by atoms with Gasteiger partial charge in [-0.25, -0.2) is 0 Å². The number of carbonyl (C=O) groups is 3. The molecule has 0 radical (unpaired) electrons. The van der Waals surface area contributed by atoms with E-state index in [1.165, 1.54) is 24.4 Å². The minimum Gasteiger partial charge on any atom is -0.506 e. The van der Waals surface area contributed by atoms with Crippen LogP contribution in [-0.2, 0) is 41.9 Å². The van der Waals surface area contributed by atoms with E-state index in [-0.39, 0.29) is 117 Å². The second kappa shape index (κ2) is 18.2. The normalized spacial score (nSPS) is 14.8. The van der Waals surface area contributed by atoms with Crippen molar-refractivity contribution in [1.29, 1.82) is 0 Å². The number of hydrazone groups is 1. The van der Waals surface area contributed by atoms with Gasteiger partial charge in [-0.15, -0.1) is 0 Å². The summed E-state index contributed by atoms with van der Waals surface area (Å²) < 4.78 is 32.9. The fourth-order valence-corrected chi connectivity index (χ4v) is 4.82. The molecular formula is C29H22CrN4Na2O10S+2. The molecule has 0 heterocycles. The molecule has 0 fully saturated rings. The summed E-state index contributed by atoms with van der Waals surface area (Å²) in [5.41, 5.74) is 2.36. The zero-order chi connectivity index (χ0) is 32.0. The van der Waals surface area contributed by atoms with Crippen molar-refractivity contribution in [2.45, 2.75) is 0 Å². The van der Waals surface area contributed by atoms with Crippen LogP contribution in [0.4, 0.5) is 11.4 Å². The number of phenols is 1. The molecule has 3 aromatic carbocycles. The number of nitro benzene ring substituents is 1. The topological polar surface area (TPSA) is 226 Å². The summed E-state index contributed by atoms with van der Waals surface area (Å²) in [6, 6.07) is 13.4. The van der Waals surface area contributed by atoms with Crippen LogP contribution in [0.3, 0.4) is 0 Å². The first-order chi connectivity index (χ1) is 20.9. The van der Waals surface area contributed by atoms with Crippen LogP contribution in [0.2, 0.25) is 0 Å². The van der Waals surface area contributed by atoms with E-state index in [4.69, 9.17) is 5.11 Å².